The second kappa shape index (κ2) is 7.14. The van der Waals surface area contributed by atoms with Crippen molar-refractivity contribution in [3.63, 3.8) is 0 Å². The van der Waals surface area contributed by atoms with E-state index in [1.165, 1.54) is 12.3 Å². The number of carbonyl (C=O) groups is 1. The molecule has 0 saturated carbocycles. The lowest BCUT2D eigenvalue weighted by Gasteiger charge is -2.06. The van der Waals surface area contributed by atoms with Crippen molar-refractivity contribution in [2.75, 3.05) is 13.2 Å². The van der Waals surface area contributed by atoms with Crippen molar-refractivity contribution in [3.05, 3.63) is 67.5 Å². The summed E-state index contributed by atoms with van der Waals surface area (Å²) < 4.78 is 15.8. The van der Waals surface area contributed by atoms with Crippen molar-refractivity contribution < 1.29 is 18.7 Å². The van der Waals surface area contributed by atoms with E-state index in [0.717, 1.165) is 5.56 Å². The lowest BCUT2D eigenvalue weighted by Crippen LogP contribution is -2.08. The Bertz CT molecular complexity index is 625. The van der Waals surface area contributed by atoms with Gasteiger partial charge in [0.1, 0.15) is 19.5 Å². The van der Waals surface area contributed by atoms with Gasteiger partial charge in [-0.05, 0) is 5.56 Å². The fourth-order valence-electron chi connectivity index (χ4n) is 1.81. The Balaban J connectivity index is 2.40. The molecule has 0 aliphatic rings. The third-order valence-corrected chi connectivity index (χ3v) is 2.71. The van der Waals surface area contributed by atoms with Crippen LogP contribution in [0.1, 0.15) is 10.4 Å². The molecule has 0 atom stereocenters. The van der Waals surface area contributed by atoms with Gasteiger partial charge < -0.3 is 13.9 Å². The minimum Gasteiger partial charge on any atom is -0.460 e. The number of hydrogen-bond donors (Lipinski definition) is 0. The smallest absolute Gasteiger partial charge is 0.346 e. The Morgan fingerprint density at radius 3 is 2.52 bits per heavy atom. The molecule has 4 nitrogen and oxygen atoms in total. The van der Waals surface area contributed by atoms with Gasteiger partial charge in [-0.3, -0.25) is 0 Å². The lowest BCUT2D eigenvalue weighted by atomic mass is 10.0. The van der Waals surface area contributed by atoms with Gasteiger partial charge >= 0.3 is 5.97 Å². The molecule has 0 fully saturated rings. The fourth-order valence-corrected chi connectivity index (χ4v) is 1.81. The molecule has 0 aliphatic carbocycles. The van der Waals surface area contributed by atoms with Crippen LogP contribution in [0.5, 0.6) is 5.95 Å². The molecule has 2 rings (SSSR count). The number of esters is 1. The Kier molecular flexibility index (Phi) is 4.99. The first-order chi connectivity index (χ1) is 10.3. The summed E-state index contributed by atoms with van der Waals surface area (Å²) in [6.07, 6.45) is 4.56. The van der Waals surface area contributed by atoms with Gasteiger partial charge in [-0.15, -0.1) is 0 Å². The normalized spacial score (nSPS) is 9.90. The molecule has 2 aromatic rings. The molecule has 108 valence electrons. The molecule has 1 aromatic carbocycles. The highest BCUT2D eigenvalue weighted by atomic mass is 16.6. The van der Waals surface area contributed by atoms with E-state index in [4.69, 9.17) is 13.9 Å². The number of ether oxygens (including phenoxy) is 2. The van der Waals surface area contributed by atoms with Crippen LogP contribution < -0.4 is 4.74 Å². The average Bonchev–Trinajstić information content (AvgIpc) is 2.95. The number of benzene rings is 1. The van der Waals surface area contributed by atoms with Crippen LogP contribution in [0.25, 0.3) is 11.1 Å². The van der Waals surface area contributed by atoms with E-state index in [2.05, 4.69) is 13.2 Å². The third kappa shape index (κ3) is 3.42. The van der Waals surface area contributed by atoms with E-state index in [-0.39, 0.29) is 24.7 Å². The minimum absolute atomic E-state index is 0.124. The summed E-state index contributed by atoms with van der Waals surface area (Å²) in [5.41, 5.74) is 1.74. The summed E-state index contributed by atoms with van der Waals surface area (Å²) in [5.74, 6) is -0.385. The van der Waals surface area contributed by atoms with Crippen molar-refractivity contribution >= 4 is 5.97 Å². The molecule has 1 aromatic heterocycles. The molecule has 0 bridgehead atoms. The SMILES string of the molecule is C=CCOC(=O)c1c(-c2ccccc2)coc1OCC=C. The quantitative estimate of drug-likeness (QED) is 0.572. The Hall–Kier alpha value is -2.75. The van der Waals surface area contributed by atoms with Gasteiger partial charge in [-0.25, -0.2) is 4.79 Å². The van der Waals surface area contributed by atoms with E-state index >= 15 is 0 Å². The zero-order chi connectivity index (χ0) is 15.1. The average molecular weight is 284 g/mol. The zero-order valence-corrected chi connectivity index (χ0v) is 11.6. The first-order valence-electron chi connectivity index (χ1n) is 6.46. The highest BCUT2D eigenvalue weighted by Gasteiger charge is 2.24. The van der Waals surface area contributed by atoms with Gasteiger partial charge in [-0.1, -0.05) is 55.6 Å². The summed E-state index contributed by atoms with van der Waals surface area (Å²) in [4.78, 5) is 12.2. The van der Waals surface area contributed by atoms with Crippen molar-refractivity contribution in [2.45, 2.75) is 0 Å². The van der Waals surface area contributed by atoms with Gasteiger partial charge in [0.15, 0.2) is 5.56 Å². The van der Waals surface area contributed by atoms with Crippen LogP contribution in [0.4, 0.5) is 0 Å². The van der Waals surface area contributed by atoms with Crippen LogP contribution in [-0.4, -0.2) is 19.2 Å². The topological polar surface area (TPSA) is 48.7 Å². The number of hydrogen-bond acceptors (Lipinski definition) is 4. The van der Waals surface area contributed by atoms with Gasteiger partial charge in [0.25, 0.3) is 5.95 Å². The van der Waals surface area contributed by atoms with Gasteiger partial charge in [0.05, 0.1) is 0 Å². The largest absolute Gasteiger partial charge is 0.460 e. The maximum atomic E-state index is 12.2. The maximum absolute atomic E-state index is 12.2. The highest BCUT2D eigenvalue weighted by molar-refractivity contribution is 5.99. The molecule has 21 heavy (non-hydrogen) atoms. The van der Waals surface area contributed by atoms with Crippen LogP contribution in [0.3, 0.4) is 0 Å². The van der Waals surface area contributed by atoms with E-state index in [0.29, 0.717) is 5.56 Å². The summed E-state index contributed by atoms with van der Waals surface area (Å²) in [5, 5.41) is 0. The Labute approximate surface area is 123 Å². The summed E-state index contributed by atoms with van der Waals surface area (Å²) in [6, 6.07) is 9.42. The molecule has 0 amide bonds. The van der Waals surface area contributed by atoms with Crippen molar-refractivity contribution in [3.8, 4) is 17.1 Å². The molecular weight excluding hydrogens is 268 g/mol. The molecule has 0 unspecified atom stereocenters. The van der Waals surface area contributed by atoms with E-state index in [9.17, 15) is 4.79 Å². The minimum atomic E-state index is -0.512. The predicted molar refractivity (Wildman–Crippen MR) is 80.3 cm³/mol. The van der Waals surface area contributed by atoms with Gasteiger partial charge in [-0.2, -0.15) is 0 Å². The molecule has 0 N–H and O–H groups in total. The van der Waals surface area contributed by atoms with Crippen LogP contribution in [0.15, 0.2) is 66.3 Å². The molecular formula is C17H16O4. The van der Waals surface area contributed by atoms with Crippen LogP contribution in [0.2, 0.25) is 0 Å². The fraction of sp³-hybridized carbons (Fsp3) is 0.118. The predicted octanol–water partition coefficient (Wildman–Crippen LogP) is 3.85. The van der Waals surface area contributed by atoms with E-state index in [1.54, 1.807) is 6.08 Å². The van der Waals surface area contributed by atoms with Crippen LogP contribution in [0, 0.1) is 0 Å². The van der Waals surface area contributed by atoms with Crippen molar-refractivity contribution in [1.29, 1.82) is 0 Å². The van der Waals surface area contributed by atoms with Crippen molar-refractivity contribution in [2.24, 2.45) is 0 Å². The highest BCUT2D eigenvalue weighted by Crippen LogP contribution is 2.33. The molecule has 0 spiro atoms. The number of furan rings is 1. The van der Waals surface area contributed by atoms with Crippen molar-refractivity contribution in [1.82, 2.24) is 0 Å². The molecule has 4 heteroatoms. The Morgan fingerprint density at radius 2 is 1.86 bits per heavy atom. The molecule has 0 radical (unpaired) electrons. The first-order valence-corrected chi connectivity index (χ1v) is 6.46. The zero-order valence-electron chi connectivity index (χ0n) is 11.6. The molecule has 0 aliphatic heterocycles. The van der Waals surface area contributed by atoms with Crippen LogP contribution in [-0.2, 0) is 4.74 Å². The lowest BCUT2D eigenvalue weighted by molar-refractivity contribution is 0.0543. The second-order valence-corrected chi connectivity index (χ2v) is 4.16. The summed E-state index contributed by atoms with van der Waals surface area (Å²) in [7, 11) is 0. The number of carbonyl (C=O) groups excluding carboxylic acids is 1. The number of rotatable bonds is 7. The second-order valence-electron chi connectivity index (χ2n) is 4.16. The van der Waals surface area contributed by atoms with E-state index in [1.807, 2.05) is 30.3 Å². The van der Waals surface area contributed by atoms with E-state index < -0.39 is 5.97 Å². The monoisotopic (exact) mass is 284 g/mol. The van der Waals surface area contributed by atoms with Gasteiger partial charge in [0.2, 0.25) is 0 Å². The van der Waals surface area contributed by atoms with Crippen LogP contribution >= 0.6 is 0 Å². The molecule has 0 saturated heterocycles. The summed E-state index contributed by atoms with van der Waals surface area (Å²) in [6.45, 7) is 7.45. The van der Waals surface area contributed by atoms with Gasteiger partial charge in [0, 0.05) is 5.56 Å². The Morgan fingerprint density at radius 1 is 1.14 bits per heavy atom. The summed E-state index contributed by atoms with van der Waals surface area (Å²) >= 11 is 0. The standard InChI is InChI=1S/C17H16O4/c1-3-10-19-16(18)15-14(13-8-6-5-7-9-13)12-21-17(15)20-11-4-2/h3-9,12H,1-2,10-11H2. The molecule has 1 heterocycles. The third-order valence-electron chi connectivity index (χ3n) is 2.71. The maximum Gasteiger partial charge on any atom is 0.346 e. The first kappa shape index (κ1) is 14.7.